The summed E-state index contributed by atoms with van der Waals surface area (Å²) in [7, 11) is 1.74. The van der Waals surface area contributed by atoms with Crippen molar-refractivity contribution in [3.05, 3.63) is 11.9 Å². The normalized spacial score (nSPS) is 17.8. The summed E-state index contributed by atoms with van der Waals surface area (Å²) in [5.41, 5.74) is -0.527. The van der Waals surface area contributed by atoms with E-state index in [1.807, 2.05) is 0 Å². The van der Waals surface area contributed by atoms with Crippen molar-refractivity contribution in [3.8, 4) is 0 Å². The van der Waals surface area contributed by atoms with Crippen LogP contribution in [0.4, 0.5) is 4.79 Å². The minimum Gasteiger partial charge on any atom is -0.480 e. The van der Waals surface area contributed by atoms with Crippen LogP contribution in [-0.4, -0.2) is 37.6 Å². The number of hydrogen-bond donors (Lipinski definition) is 3. The molecule has 0 atom stereocenters. The molecule has 1 aliphatic rings. The molecular formula is C13H21N5O3. The third-order valence-corrected chi connectivity index (χ3v) is 3.80. The van der Waals surface area contributed by atoms with Gasteiger partial charge in [0, 0.05) is 13.2 Å². The number of carbonyl (C=O) groups is 2. The first-order chi connectivity index (χ1) is 10.0. The van der Waals surface area contributed by atoms with E-state index >= 15 is 0 Å². The number of aromatic nitrogens is 3. The molecule has 21 heavy (non-hydrogen) atoms. The van der Waals surface area contributed by atoms with E-state index in [0.29, 0.717) is 18.5 Å². The van der Waals surface area contributed by atoms with Crippen LogP contribution in [-0.2, 0) is 18.4 Å². The Kier molecular flexibility index (Phi) is 4.77. The van der Waals surface area contributed by atoms with Gasteiger partial charge in [0.05, 0.1) is 6.54 Å². The first-order valence-corrected chi connectivity index (χ1v) is 7.16. The van der Waals surface area contributed by atoms with Gasteiger partial charge in [-0.25, -0.2) is 9.59 Å². The van der Waals surface area contributed by atoms with Gasteiger partial charge in [-0.3, -0.25) is 4.68 Å². The molecule has 1 fully saturated rings. The molecule has 1 aliphatic carbocycles. The smallest absolute Gasteiger partial charge is 0.329 e. The predicted octanol–water partition coefficient (Wildman–Crippen LogP) is 0.792. The van der Waals surface area contributed by atoms with Crippen LogP contribution in [0.2, 0.25) is 0 Å². The van der Waals surface area contributed by atoms with E-state index in [9.17, 15) is 14.7 Å². The molecule has 3 N–H and O–H groups in total. The van der Waals surface area contributed by atoms with Crippen LogP contribution in [0.15, 0.2) is 6.20 Å². The quantitative estimate of drug-likeness (QED) is 0.712. The van der Waals surface area contributed by atoms with Crippen molar-refractivity contribution < 1.29 is 14.7 Å². The molecule has 1 aromatic heterocycles. The van der Waals surface area contributed by atoms with Gasteiger partial charge in [-0.1, -0.05) is 30.9 Å². The fourth-order valence-electron chi connectivity index (χ4n) is 2.63. The third kappa shape index (κ3) is 3.93. The van der Waals surface area contributed by atoms with E-state index < -0.39 is 17.5 Å². The molecule has 1 saturated carbocycles. The molecule has 2 rings (SSSR count). The molecule has 0 aliphatic heterocycles. The number of hydrogen-bond acceptors (Lipinski definition) is 4. The zero-order chi connectivity index (χ0) is 15.3. The molecule has 2 amide bonds. The Morgan fingerprint density at radius 3 is 2.52 bits per heavy atom. The van der Waals surface area contributed by atoms with Crippen molar-refractivity contribution in [2.75, 3.05) is 0 Å². The minimum atomic E-state index is -1.15. The number of aliphatic carboxylic acids is 1. The maximum Gasteiger partial charge on any atom is 0.329 e. The molecule has 8 heteroatoms. The van der Waals surface area contributed by atoms with Gasteiger partial charge in [-0.05, 0) is 12.8 Å². The highest BCUT2D eigenvalue weighted by molar-refractivity contribution is 5.86. The summed E-state index contributed by atoms with van der Waals surface area (Å²) in [6.07, 6.45) is 6.30. The van der Waals surface area contributed by atoms with Crippen LogP contribution in [0.1, 0.15) is 44.2 Å². The van der Waals surface area contributed by atoms with E-state index in [2.05, 4.69) is 20.9 Å². The highest BCUT2D eigenvalue weighted by Gasteiger charge is 2.40. The zero-order valence-corrected chi connectivity index (χ0v) is 12.1. The second kappa shape index (κ2) is 6.55. The van der Waals surface area contributed by atoms with Crippen LogP contribution < -0.4 is 10.6 Å². The van der Waals surface area contributed by atoms with Crippen LogP contribution >= 0.6 is 0 Å². The first kappa shape index (κ1) is 15.3. The number of carbonyl (C=O) groups excluding carboxylic acids is 1. The highest BCUT2D eigenvalue weighted by Crippen LogP contribution is 2.27. The summed E-state index contributed by atoms with van der Waals surface area (Å²) in [4.78, 5) is 23.5. The Labute approximate surface area is 122 Å². The summed E-state index contributed by atoms with van der Waals surface area (Å²) in [5.74, 6) is -0.959. The van der Waals surface area contributed by atoms with Gasteiger partial charge in [0.1, 0.15) is 11.2 Å². The van der Waals surface area contributed by atoms with Gasteiger partial charge in [-0.2, -0.15) is 0 Å². The van der Waals surface area contributed by atoms with Crippen LogP contribution in [0.25, 0.3) is 0 Å². The molecule has 1 heterocycles. The summed E-state index contributed by atoms with van der Waals surface area (Å²) in [6.45, 7) is 0.218. The van der Waals surface area contributed by atoms with Crippen LogP contribution in [0.3, 0.4) is 0 Å². The van der Waals surface area contributed by atoms with Crippen molar-refractivity contribution >= 4 is 12.0 Å². The molecule has 0 saturated heterocycles. The lowest BCUT2D eigenvalue weighted by atomic mass is 9.90. The number of nitrogens with one attached hydrogen (secondary N) is 2. The Hall–Kier alpha value is -2.12. The van der Waals surface area contributed by atoms with Crippen molar-refractivity contribution in [1.82, 2.24) is 25.6 Å². The Bertz CT molecular complexity index is 506. The monoisotopic (exact) mass is 295 g/mol. The van der Waals surface area contributed by atoms with Gasteiger partial charge in [-0.15, -0.1) is 5.10 Å². The van der Waals surface area contributed by atoms with Gasteiger partial charge < -0.3 is 15.7 Å². The largest absolute Gasteiger partial charge is 0.480 e. The van der Waals surface area contributed by atoms with Crippen molar-refractivity contribution in [1.29, 1.82) is 0 Å². The van der Waals surface area contributed by atoms with Crippen LogP contribution in [0, 0.1) is 0 Å². The molecular weight excluding hydrogens is 274 g/mol. The lowest BCUT2D eigenvalue weighted by Gasteiger charge is -2.29. The van der Waals surface area contributed by atoms with E-state index in [4.69, 9.17) is 0 Å². The fourth-order valence-corrected chi connectivity index (χ4v) is 2.63. The number of nitrogens with zero attached hydrogens (tertiary/aromatic N) is 3. The molecule has 116 valence electrons. The first-order valence-electron chi connectivity index (χ1n) is 7.16. The molecule has 0 aromatic carbocycles. The lowest BCUT2D eigenvalue weighted by Crippen LogP contribution is -2.56. The topological polar surface area (TPSA) is 109 Å². The van der Waals surface area contributed by atoms with Crippen molar-refractivity contribution in [2.24, 2.45) is 7.05 Å². The number of rotatable bonds is 4. The van der Waals surface area contributed by atoms with Gasteiger partial charge in [0.25, 0.3) is 0 Å². The van der Waals surface area contributed by atoms with Gasteiger partial charge in [0.15, 0.2) is 0 Å². The minimum absolute atomic E-state index is 0.218. The lowest BCUT2D eigenvalue weighted by molar-refractivity contribution is -0.145. The number of amides is 2. The van der Waals surface area contributed by atoms with Crippen LogP contribution in [0.5, 0.6) is 0 Å². The number of carboxylic acids is 1. The van der Waals surface area contributed by atoms with Gasteiger partial charge in [0.2, 0.25) is 0 Å². The SMILES string of the molecule is Cn1cc(CNC(=O)NC2(C(=O)O)CCCCCC2)nn1. The molecule has 0 unspecified atom stereocenters. The molecule has 0 spiro atoms. The summed E-state index contributed by atoms with van der Waals surface area (Å²) in [6, 6.07) is -0.482. The standard InChI is InChI=1S/C13H21N5O3/c1-18-9-10(16-17-18)8-14-12(21)15-13(11(19)20)6-4-2-3-5-7-13/h9H,2-8H2,1H3,(H,19,20)(H2,14,15,21). The average molecular weight is 295 g/mol. The fraction of sp³-hybridized carbons (Fsp3) is 0.692. The highest BCUT2D eigenvalue weighted by atomic mass is 16.4. The molecule has 0 bridgehead atoms. The van der Waals surface area contributed by atoms with Crippen molar-refractivity contribution in [2.45, 2.75) is 50.6 Å². The number of urea groups is 1. The van der Waals surface area contributed by atoms with E-state index in [-0.39, 0.29) is 6.54 Å². The number of aryl methyl sites for hydroxylation is 1. The van der Waals surface area contributed by atoms with E-state index in [1.165, 1.54) is 0 Å². The Morgan fingerprint density at radius 2 is 2.00 bits per heavy atom. The predicted molar refractivity (Wildman–Crippen MR) is 74.4 cm³/mol. The second-order valence-corrected chi connectivity index (χ2v) is 5.49. The average Bonchev–Trinajstić information content (AvgIpc) is 2.71. The van der Waals surface area contributed by atoms with Crippen molar-refractivity contribution in [3.63, 3.8) is 0 Å². The second-order valence-electron chi connectivity index (χ2n) is 5.49. The maximum absolute atomic E-state index is 12.0. The summed E-state index contributed by atoms with van der Waals surface area (Å²) in [5, 5.41) is 22.4. The van der Waals surface area contributed by atoms with Gasteiger partial charge >= 0.3 is 12.0 Å². The Balaban J connectivity index is 1.93. The van der Waals surface area contributed by atoms with E-state index in [1.54, 1.807) is 17.9 Å². The van der Waals surface area contributed by atoms with E-state index in [0.717, 1.165) is 25.7 Å². The summed E-state index contributed by atoms with van der Waals surface area (Å²) < 4.78 is 1.54. The number of carboxylic acid groups (broad SMARTS) is 1. The molecule has 8 nitrogen and oxygen atoms in total. The molecule has 0 radical (unpaired) electrons. The summed E-state index contributed by atoms with van der Waals surface area (Å²) >= 11 is 0. The Morgan fingerprint density at radius 1 is 1.33 bits per heavy atom. The zero-order valence-electron chi connectivity index (χ0n) is 12.1. The maximum atomic E-state index is 12.0. The molecule has 1 aromatic rings. The third-order valence-electron chi connectivity index (χ3n) is 3.80.